The fraction of sp³-hybridized carbons (Fsp3) is 0.267. The Morgan fingerprint density at radius 2 is 2.16 bits per heavy atom. The van der Waals surface area contributed by atoms with E-state index < -0.39 is 27.8 Å². The number of hydrogen-bond donors (Lipinski definition) is 1. The Hall–Kier alpha value is -1.97. The van der Waals surface area contributed by atoms with Crippen LogP contribution in [-0.4, -0.2) is 31.0 Å². The Balaban J connectivity index is 1.88. The Bertz CT molecular complexity index is 971. The van der Waals surface area contributed by atoms with Gasteiger partial charge in [0, 0.05) is 5.38 Å². The number of carbonyl (C=O) groups is 2. The van der Waals surface area contributed by atoms with Crippen LogP contribution in [0.4, 0.5) is 10.8 Å². The number of aryl methyl sites for hydroxylation is 1. The van der Waals surface area contributed by atoms with Crippen LogP contribution in [0.25, 0.3) is 0 Å². The number of thiazole rings is 1. The summed E-state index contributed by atoms with van der Waals surface area (Å²) in [4.78, 5) is 28.5. The maximum atomic E-state index is 12.3. The van der Waals surface area contributed by atoms with Gasteiger partial charge in [0.25, 0.3) is 5.91 Å². The molecule has 1 unspecified atom stereocenters. The Kier molecular flexibility index (Phi) is 4.56. The average Bonchev–Trinajstić information content (AvgIpc) is 2.99. The van der Waals surface area contributed by atoms with Crippen LogP contribution in [-0.2, 0) is 14.8 Å². The predicted octanol–water partition coefficient (Wildman–Crippen LogP) is 2.67. The summed E-state index contributed by atoms with van der Waals surface area (Å²) >= 11 is 7.42. The standard InChI is InChI=1S/C15H14ClN3O4S2/c1-8-7-25(22,23)19(14(8)21)10-3-4-11(12(16)5-10)13(20)18-15-17-9(2)6-24-15/h3-6,8H,7H2,1-2H3,(H,17,18,20). The number of nitrogens with zero attached hydrogens (tertiary/aromatic N) is 2. The monoisotopic (exact) mass is 399 g/mol. The van der Waals surface area contributed by atoms with E-state index >= 15 is 0 Å². The first-order valence-corrected chi connectivity index (χ1v) is 10.2. The summed E-state index contributed by atoms with van der Waals surface area (Å²) in [5, 5.41) is 4.91. The van der Waals surface area contributed by atoms with Crippen LogP contribution in [0.2, 0.25) is 5.02 Å². The van der Waals surface area contributed by atoms with Gasteiger partial charge in [-0.25, -0.2) is 17.7 Å². The minimum absolute atomic E-state index is 0.0471. The lowest BCUT2D eigenvalue weighted by Crippen LogP contribution is -2.30. The molecule has 1 aromatic heterocycles. The second-order valence-corrected chi connectivity index (χ2v) is 8.82. The van der Waals surface area contributed by atoms with Crippen LogP contribution in [0.3, 0.4) is 0 Å². The van der Waals surface area contributed by atoms with E-state index in [0.29, 0.717) is 5.13 Å². The first-order valence-electron chi connectivity index (χ1n) is 7.29. The summed E-state index contributed by atoms with van der Waals surface area (Å²) in [6, 6.07) is 4.08. The molecule has 0 aliphatic carbocycles. The quantitative estimate of drug-likeness (QED) is 0.855. The summed E-state index contributed by atoms with van der Waals surface area (Å²) in [7, 11) is -3.72. The number of anilines is 2. The van der Waals surface area contributed by atoms with Gasteiger partial charge in [-0.2, -0.15) is 0 Å². The van der Waals surface area contributed by atoms with Crippen molar-refractivity contribution in [2.45, 2.75) is 13.8 Å². The van der Waals surface area contributed by atoms with E-state index in [9.17, 15) is 18.0 Å². The highest BCUT2D eigenvalue weighted by Gasteiger charge is 2.42. The topological polar surface area (TPSA) is 96.4 Å². The van der Waals surface area contributed by atoms with Crippen LogP contribution in [0.5, 0.6) is 0 Å². The number of halogens is 1. The molecule has 1 saturated heterocycles. The van der Waals surface area contributed by atoms with Crippen molar-refractivity contribution in [3.05, 3.63) is 39.9 Å². The third-order valence-corrected chi connectivity index (χ3v) is 6.69. The van der Waals surface area contributed by atoms with Crippen LogP contribution in [0.15, 0.2) is 23.6 Å². The molecule has 132 valence electrons. The largest absolute Gasteiger partial charge is 0.298 e. The van der Waals surface area contributed by atoms with E-state index in [0.717, 1.165) is 10.00 Å². The van der Waals surface area contributed by atoms with Gasteiger partial charge in [0.05, 0.1) is 33.6 Å². The number of amides is 2. The summed E-state index contributed by atoms with van der Waals surface area (Å²) in [5.74, 6) is -1.82. The molecule has 10 heteroatoms. The molecule has 2 heterocycles. The molecular weight excluding hydrogens is 386 g/mol. The van der Waals surface area contributed by atoms with Crippen molar-refractivity contribution in [3.8, 4) is 0 Å². The van der Waals surface area contributed by atoms with Crippen molar-refractivity contribution in [3.63, 3.8) is 0 Å². The highest BCUT2D eigenvalue weighted by Crippen LogP contribution is 2.31. The van der Waals surface area contributed by atoms with Gasteiger partial charge in [-0.05, 0) is 25.1 Å². The molecule has 1 aromatic carbocycles. The molecule has 7 nitrogen and oxygen atoms in total. The number of hydrogen-bond acceptors (Lipinski definition) is 6. The Morgan fingerprint density at radius 3 is 2.68 bits per heavy atom. The van der Waals surface area contributed by atoms with Crippen molar-refractivity contribution in [2.24, 2.45) is 5.92 Å². The van der Waals surface area contributed by atoms with Crippen molar-refractivity contribution >= 4 is 55.6 Å². The first kappa shape index (κ1) is 17.8. The average molecular weight is 400 g/mol. The van der Waals surface area contributed by atoms with Gasteiger partial charge in [0.2, 0.25) is 15.9 Å². The Labute approximate surface area is 153 Å². The van der Waals surface area contributed by atoms with E-state index in [1.165, 1.54) is 29.5 Å². The highest BCUT2D eigenvalue weighted by molar-refractivity contribution is 7.94. The second-order valence-electron chi connectivity index (χ2n) is 5.69. The van der Waals surface area contributed by atoms with Crippen LogP contribution >= 0.6 is 22.9 Å². The fourth-order valence-corrected chi connectivity index (χ4v) is 5.23. The van der Waals surface area contributed by atoms with E-state index in [1.54, 1.807) is 12.3 Å². The maximum absolute atomic E-state index is 12.3. The highest BCUT2D eigenvalue weighted by atomic mass is 35.5. The van der Waals surface area contributed by atoms with E-state index in [2.05, 4.69) is 10.3 Å². The van der Waals surface area contributed by atoms with Gasteiger partial charge in [0.1, 0.15) is 0 Å². The van der Waals surface area contributed by atoms with Crippen molar-refractivity contribution in [2.75, 3.05) is 15.4 Å². The molecule has 0 saturated carbocycles. The molecule has 25 heavy (non-hydrogen) atoms. The van der Waals surface area contributed by atoms with E-state index in [1.807, 2.05) is 6.92 Å². The molecule has 0 spiro atoms. The van der Waals surface area contributed by atoms with Crippen molar-refractivity contribution in [1.29, 1.82) is 0 Å². The van der Waals surface area contributed by atoms with Crippen LogP contribution in [0, 0.1) is 12.8 Å². The van der Waals surface area contributed by atoms with Gasteiger partial charge in [0.15, 0.2) is 5.13 Å². The SMILES string of the molecule is Cc1csc(NC(=O)c2ccc(N3C(=O)C(C)CS3(=O)=O)cc2Cl)n1. The van der Waals surface area contributed by atoms with Crippen molar-refractivity contribution < 1.29 is 18.0 Å². The molecule has 1 atom stereocenters. The third-order valence-electron chi connectivity index (χ3n) is 3.63. The molecule has 1 aliphatic heterocycles. The minimum atomic E-state index is -3.72. The zero-order chi connectivity index (χ0) is 18.4. The smallest absolute Gasteiger partial charge is 0.258 e. The van der Waals surface area contributed by atoms with Gasteiger partial charge in [-0.15, -0.1) is 11.3 Å². The van der Waals surface area contributed by atoms with Crippen molar-refractivity contribution in [1.82, 2.24) is 4.98 Å². The van der Waals surface area contributed by atoms with Gasteiger partial charge >= 0.3 is 0 Å². The normalized spacial score (nSPS) is 19.2. The molecule has 1 fully saturated rings. The molecule has 0 bridgehead atoms. The summed E-state index contributed by atoms with van der Waals surface area (Å²) < 4.78 is 25.0. The molecule has 2 amide bonds. The zero-order valence-corrected chi connectivity index (χ0v) is 15.7. The minimum Gasteiger partial charge on any atom is -0.298 e. The Morgan fingerprint density at radius 1 is 1.44 bits per heavy atom. The van der Waals surface area contributed by atoms with Gasteiger partial charge < -0.3 is 0 Å². The zero-order valence-electron chi connectivity index (χ0n) is 13.3. The maximum Gasteiger partial charge on any atom is 0.258 e. The lowest BCUT2D eigenvalue weighted by Gasteiger charge is -2.16. The number of rotatable bonds is 3. The first-order chi connectivity index (χ1) is 11.7. The van der Waals surface area contributed by atoms with E-state index in [4.69, 9.17) is 11.6 Å². The lowest BCUT2D eigenvalue weighted by molar-refractivity contribution is -0.119. The predicted molar refractivity (Wildman–Crippen MR) is 96.7 cm³/mol. The summed E-state index contributed by atoms with van der Waals surface area (Å²) in [6.45, 7) is 3.36. The number of benzene rings is 1. The third kappa shape index (κ3) is 3.39. The molecule has 1 N–H and O–H groups in total. The number of carbonyl (C=O) groups excluding carboxylic acids is 2. The van der Waals surface area contributed by atoms with Gasteiger partial charge in [-0.3, -0.25) is 14.9 Å². The number of aromatic nitrogens is 1. The van der Waals surface area contributed by atoms with Crippen LogP contribution in [0.1, 0.15) is 23.0 Å². The fourth-order valence-electron chi connectivity index (χ4n) is 2.48. The molecule has 0 radical (unpaired) electrons. The van der Waals surface area contributed by atoms with E-state index in [-0.39, 0.29) is 22.0 Å². The second kappa shape index (κ2) is 6.40. The summed E-state index contributed by atoms with van der Waals surface area (Å²) in [6.07, 6.45) is 0. The van der Waals surface area contributed by atoms with Gasteiger partial charge in [-0.1, -0.05) is 18.5 Å². The molecular formula is C15H14ClN3O4S2. The lowest BCUT2D eigenvalue weighted by atomic mass is 10.1. The van der Waals surface area contributed by atoms with Crippen LogP contribution < -0.4 is 9.62 Å². The number of sulfonamides is 1. The molecule has 3 rings (SSSR count). The summed E-state index contributed by atoms with van der Waals surface area (Å²) in [5.41, 5.74) is 1.07. The molecule has 1 aliphatic rings. The number of nitrogens with one attached hydrogen (secondary N) is 1. The molecule has 2 aromatic rings.